The molecule has 1 unspecified atom stereocenters. The molecule has 8 atom stereocenters. The van der Waals surface area contributed by atoms with Gasteiger partial charge in [-0.15, -0.1) is 0 Å². The van der Waals surface area contributed by atoms with E-state index in [2.05, 4.69) is 5.32 Å². The van der Waals surface area contributed by atoms with Gasteiger partial charge in [-0.05, 0) is 16.7 Å². The topological polar surface area (TPSA) is 93.7 Å². The van der Waals surface area contributed by atoms with E-state index in [0.717, 1.165) is 22.3 Å². The number of carbonyl (C=O) groups excluding carboxylic acids is 1. The maximum atomic E-state index is 12.6. The van der Waals surface area contributed by atoms with Crippen LogP contribution in [0.1, 0.15) is 47.7 Å². The fourth-order valence-corrected chi connectivity index (χ4v) is 7.42. The molecule has 3 saturated heterocycles. The summed E-state index contributed by atoms with van der Waals surface area (Å²) in [6.45, 7) is 1.97. The maximum Gasteiger partial charge on any atom is 0.334 e. The molecule has 1 amide bonds. The van der Waals surface area contributed by atoms with E-state index in [1.54, 1.807) is 0 Å². The van der Waals surface area contributed by atoms with Crippen LogP contribution in [0.3, 0.4) is 0 Å². The lowest BCUT2D eigenvalue weighted by molar-refractivity contribution is -0.343. The summed E-state index contributed by atoms with van der Waals surface area (Å²) >= 11 is 0. The Morgan fingerprint density at radius 2 is 1.30 bits per heavy atom. The molecule has 3 aliphatic heterocycles. The predicted octanol–water partition coefficient (Wildman–Crippen LogP) is 6.69. The third-order valence-electron chi connectivity index (χ3n) is 8.18. The van der Waals surface area contributed by atoms with Crippen LogP contribution in [0.15, 0.2) is 121 Å². The number of fused-ring (bicyclic) bond motifs is 1. The SMILES string of the molecule is CC(=O)N[C@H]1[C@@H](OCc2ccccc2)O[C@@H]2COC(c3ccccc3)O[C@H]2[C@@H]1OP1O[C@H](c2ccccc2)[C@@H](c2ccccc2)O1. The second kappa shape index (κ2) is 14.5. The summed E-state index contributed by atoms with van der Waals surface area (Å²) in [5, 5.41) is 3.03. The highest BCUT2D eigenvalue weighted by molar-refractivity contribution is 7.42. The summed E-state index contributed by atoms with van der Waals surface area (Å²) in [7, 11) is -1.90. The largest absolute Gasteiger partial charge is 0.346 e. The smallest absolute Gasteiger partial charge is 0.334 e. The van der Waals surface area contributed by atoms with Crippen LogP contribution in [0.5, 0.6) is 0 Å². The van der Waals surface area contributed by atoms with Crippen molar-refractivity contribution >= 4 is 14.5 Å². The van der Waals surface area contributed by atoms with E-state index in [1.165, 1.54) is 6.92 Å². The molecule has 0 bridgehead atoms. The van der Waals surface area contributed by atoms with Gasteiger partial charge in [0.15, 0.2) is 12.6 Å². The Morgan fingerprint density at radius 3 is 1.87 bits per heavy atom. The highest BCUT2D eigenvalue weighted by Gasteiger charge is 2.54. The van der Waals surface area contributed by atoms with E-state index in [4.69, 9.17) is 32.5 Å². The molecular formula is C36H36NO8P. The number of ether oxygens (including phenoxy) is 4. The molecule has 0 spiro atoms. The minimum absolute atomic E-state index is 0.237. The van der Waals surface area contributed by atoms with Crippen molar-refractivity contribution in [2.24, 2.45) is 0 Å². The molecule has 4 aromatic rings. The molecule has 10 heteroatoms. The molecule has 0 aliphatic carbocycles. The van der Waals surface area contributed by atoms with Crippen LogP contribution in [0.25, 0.3) is 0 Å². The van der Waals surface area contributed by atoms with E-state index in [0.29, 0.717) is 0 Å². The van der Waals surface area contributed by atoms with Gasteiger partial charge >= 0.3 is 8.60 Å². The number of amides is 1. The lowest BCUT2D eigenvalue weighted by atomic mass is 9.95. The van der Waals surface area contributed by atoms with Gasteiger partial charge in [0, 0.05) is 12.5 Å². The number of hydrogen-bond donors (Lipinski definition) is 1. The van der Waals surface area contributed by atoms with E-state index < -0.39 is 57.7 Å². The van der Waals surface area contributed by atoms with Crippen molar-refractivity contribution in [1.82, 2.24) is 5.32 Å². The second-order valence-corrected chi connectivity index (χ2v) is 12.5. The van der Waals surface area contributed by atoms with Crippen LogP contribution >= 0.6 is 8.60 Å². The van der Waals surface area contributed by atoms with Crippen molar-refractivity contribution < 1.29 is 37.3 Å². The molecule has 9 nitrogen and oxygen atoms in total. The van der Waals surface area contributed by atoms with Crippen LogP contribution in [0, 0.1) is 0 Å². The average Bonchev–Trinajstić information content (AvgIpc) is 3.54. The number of rotatable bonds is 9. The van der Waals surface area contributed by atoms with Crippen LogP contribution in [-0.2, 0) is 43.9 Å². The maximum absolute atomic E-state index is 12.6. The molecule has 1 N–H and O–H groups in total. The Balaban J connectivity index is 1.19. The van der Waals surface area contributed by atoms with Crippen molar-refractivity contribution in [3.8, 4) is 0 Å². The Labute approximate surface area is 269 Å². The lowest BCUT2D eigenvalue weighted by Gasteiger charge is -2.49. The van der Waals surface area contributed by atoms with Gasteiger partial charge in [0.05, 0.1) is 13.2 Å². The van der Waals surface area contributed by atoms with Crippen LogP contribution in [0.2, 0.25) is 0 Å². The van der Waals surface area contributed by atoms with Gasteiger partial charge in [0.25, 0.3) is 0 Å². The van der Waals surface area contributed by atoms with E-state index in [1.807, 2.05) is 121 Å². The van der Waals surface area contributed by atoms with Gasteiger partial charge in [0.2, 0.25) is 5.91 Å². The Kier molecular flexibility index (Phi) is 9.81. The normalized spacial score (nSPS) is 29.6. The van der Waals surface area contributed by atoms with E-state index >= 15 is 0 Å². The zero-order valence-electron chi connectivity index (χ0n) is 25.3. The fraction of sp³-hybridized carbons (Fsp3) is 0.306. The molecule has 0 radical (unpaired) electrons. The summed E-state index contributed by atoms with van der Waals surface area (Å²) in [6, 6.07) is 38.7. The summed E-state index contributed by atoms with van der Waals surface area (Å²) in [5.41, 5.74) is 3.79. The molecule has 46 heavy (non-hydrogen) atoms. The third kappa shape index (κ3) is 7.08. The molecule has 4 aromatic carbocycles. The number of hydrogen-bond acceptors (Lipinski definition) is 8. The van der Waals surface area contributed by atoms with Gasteiger partial charge in [-0.1, -0.05) is 121 Å². The average molecular weight is 642 g/mol. The monoisotopic (exact) mass is 641 g/mol. The molecule has 7 rings (SSSR count). The van der Waals surface area contributed by atoms with Crippen LogP contribution in [-0.4, -0.2) is 43.2 Å². The number of benzene rings is 4. The van der Waals surface area contributed by atoms with Crippen molar-refractivity contribution in [2.75, 3.05) is 6.61 Å². The fourth-order valence-electron chi connectivity index (χ4n) is 5.99. The Bertz CT molecular complexity index is 1500. The number of carbonyl (C=O) groups is 1. The van der Waals surface area contributed by atoms with Crippen LogP contribution in [0.4, 0.5) is 0 Å². The summed E-state index contributed by atoms with van der Waals surface area (Å²) in [4.78, 5) is 12.6. The third-order valence-corrected chi connectivity index (χ3v) is 9.39. The highest BCUT2D eigenvalue weighted by atomic mass is 31.2. The van der Waals surface area contributed by atoms with Crippen molar-refractivity contribution in [3.63, 3.8) is 0 Å². The first-order valence-electron chi connectivity index (χ1n) is 15.4. The molecule has 0 saturated carbocycles. The Hall–Kier alpha value is -3.50. The van der Waals surface area contributed by atoms with Gasteiger partial charge in [-0.25, -0.2) is 0 Å². The highest BCUT2D eigenvalue weighted by Crippen LogP contribution is 2.61. The first kappa shape index (κ1) is 31.1. The van der Waals surface area contributed by atoms with Crippen molar-refractivity contribution in [3.05, 3.63) is 144 Å². The van der Waals surface area contributed by atoms with Gasteiger partial charge in [-0.2, -0.15) is 0 Å². The standard InChI is InChI=1S/C36H36NO8P/c1-24(38)37-30-34(45-46-43-31(26-16-8-3-9-17-26)32(44-46)27-18-10-4-11-19-27)33-29(23-40-35(42-33)28-20-12-5-13-21-28)41-36(30)39-22-25-14-6-2-7-15-25/h2-21,29-36H,22-23H2,1H3,(H,37,38)/t29-,30-,31-,32-,33-,34-,35?,36+/m1/s1. The summed E-state index contributed by atoms with van der Waals surface area (Å²) in [6.07, 6.45) is -4.23. The minimum Gasteiger partial charge on any atom is -0.346 e. The summed E-state index contributed by atoms with van der Waals surface area (Å²) < 4.78 is 45.4. The predicted molar refractivity (Wildman–Crippen MR) is 170 cm³/mol. The zero-order chi connectivity index (χ0) is 31.3. The van der Waals surface area contributed by atoms with Gasteiger partial charge in [0.1, 0.15) is 36.6 Å². The molecular weight excluding hydrogens is 605 g/mol. The minimum atomic E-state index is -1.90. The Morgan fingerprint density at radius 1 is 0.761 bits per heavy atom. The molecule has 3 fully saturated rings. The van der Waals surface area contributed by atoms with Crippen molar-refractivity contribution in [2.45, 2.75) is 62.7 Å². The first-order chi connectivity index (χ1) is 22.6. The van der Waals surface area contributed by atoms with Gasteiger partial charge in [-0.3, -0.25) is 4.79 Å². The molecule has 238 valence electrons. The first-order valence-corrected chi connectivity index (χ1v) is 16.5. The van der Waals surface area contributed by atoms with E-state index in [-0.39, 0.29) is 19.1 Å². The molecule has 3 aliphatic rings. The number of nitrogens with one attached hydrogen (secondary N) is 1. The lowest BCUT2D eigenvalue weighted by Crippen LogP contribution is -2.67. The second-order valence-electron chi connectivity index (χ2n) is 11.4. The summed E-state index contributed by atoms with van der Waals surface area (Å²) in [5.74, 6) is -0.258. The van der Waals surface area contributed by atoms with Crippen LogP contribution < -0.4 is 5.32 Å². The molecule has 0 aromatic heterocycles. The van der Waals surface area contributed by atoms with E-state index in [9.17, 15) is 4.79 Å². The molecule has 3 heterocycles. The van der Waals surface area contributed by atoms with Crippen molar-refractivity contribution in [1.29, 1.82) is 0 Å². The van der Waals surface area contributed by atoms with Gasteiger partial charge < -0.3 is 37.8 Å². The quantitative estimate of drug-likeness (QED) is 0.202. The zero-order valence-corrected chi connectivity index (χ0v) is 26.2.